The summed E-state index contributed by atoms with van der Waals surface area (Å²) in [5.74, 6) is 2.05. The van der Waals surface area contributed by atoms with Crippen molar-refractivity contribution in [2.45, 2.75) is 198 Å². The fraction of sp³-hybridized carbons (Fsp3) is 0.865. The van der Waals surface area contributed by atoms with Gasteiger partial charge in [0.15, 0.2) is 11.9 Å². The fourth-order valence-corrected chi connectivity index (χ4v) is 9.23. The summed E-state index contributed by atoms with van der Waals surface area (Å²) in [6.45, 7) is 7.16. The van der Waals surface area contributed by atoms with Gasteiger partial charge >= 0.3 is 5.97 Å². The van der Waals surface area contributed by atoms with Crippen molar-refractivity contribution in [2.75, 3.05) is 6.61 Å². The maximum atomic E-state index is 13.3. The number of guanidine groups is 2. The normalized spacial score (nSPS) is 31.6. The van der Waals surface area contributed by atoms with E-state index in [9.17, 15) is 4.79 Å². The summed E-state index contributed by atoms with van der Waals surface area (Å²) in [4.78, 5) is 28.4. The van der Waals surface area contributed by atoms with Crippen LogP contribution in [0.5, 0.6) is 0 Å². The van der Waals surface area contributed by atoms with Crippen molar-refractivity contribution >= 4 is 17.9 Å². The number of carbonyl (C=O) groups is 1. The largest absolute Gasteiger partial charge is 0.462 e. The van der Waals surface area contributed by atoms with E-state index in [2.05, 4.69) is 41.2 Å². The van der Waals surface area contributed by atoms with E-state index in [1.165, 1.54) is 114 Å². The van der Waals surface area contributed by atoms with E-state index < -0.39 is 0 Å². The Balaban J connectivity index is 0.867. The van der Waals surface area contributed by atoms with Crippen LogP contribution in [0.3, 0.4) is 0 Å². The Morgan fingerprint density at radius 2 is 1.49 bits per heavy atom. The summed E-state index contributed by atoms with van der Waals surface area (Å²) in [6, 6.07) is 3.30. The molecule has 0 saturated carbocycles. The third-order valence-corrected chi connectivity index (χ3v) is 11.5. The van der Waals surface area contributed by atoms with Gasteiger partial charge in [0.1, 0.15) is 0 Å². The molecule has 0 aromatic rings. The standard InChI is InChI=1S/C37H62N6O2/c1-4-5-6-7-8-10-13-17-29-25-32-20-21-33-34(27(3)39-37(41-29)43(32)33)35(44)45-22-15-12-9-11-14-16-28-24-31-19-18-30-23-26(2)38-36(40-28)42(30)31/h26-32H,4-25H2,1-3H3,(H,38,40)(H,39,41)/t26-,27?,28+,29+,30+,31-,32-/m0/s1. The van der Waals surface area contributed by atoms with E-state index >= 15 is 0 Å². The summed E-state index contributed by atoms with van der Waals surface area (Å²) in [5, 5.41) is 7.42. The van der Waals surface area contributed by atoms with E-state index in [1.807, 2.05) is 0 Å². The lowest BCUT2D eigenvalue weighted by molar-refractivity contribution is -0.139. The van der Waals surface area contributed by atoms with Crippen molar-refractivity contribution < 1.29 is 9.53 Å². The van der Waals surface area contributed by atoms with E-state index in [0.717, 1.165) is 49.7 Å². The van der Waals surface area contributed by atoms with Gasteiger partial charge in [-0.15, -0.1) is 0 Å². The monoisotopic (exact) mass is 622 g/mol. The molecule has 6 aliphatic rings. The number of esters is 1. The molecule has 1 unspecified atom stereocenters. The molecule has 0 aromatic heterocycles. The number of hydrogen-bond acceptors (Lipinski definition) is 8. The summed E-state index contributed by atoms with van der Waals surface area (Å²) in [5.41, 5.74) is 1.97. The van der Waals surface area contributed by atoms with Gasteiger partial charge in [-0.2, -0.15) is 0 Å². The first kappa shape index (κ1) is 32.7. The van der Waals surface area contributed by atoms with Crippen molar-refractivity contribution in [2.24, 2.45) is 9.98 Å². The van der Waals surface area contributed by atoms with E-state index in [4.69, 9.17) is 14.7 Å². The molecule has 252 valence electrons. The maximum Gasteiger partial charge on any atom is 0.337 e. The first-order chi connectivity index (χ1) is 22.0. The molecule has 4 saturated heterocycles. The third kappa shape index (κ3) is 7.84. The van der Waals surface area contributed by atoms with Gasteiger partial charge in [-0.25, -0.2) is 14.8 Å². The first-order valence-corrected chi connectivity index (χ1v) is 19.2. The van der Waals surface area contributed by atoms with E-state index in [1.54, 1.807) is 0 Å². The molecule has 0 amide bonds. The van der Waals surface area contributed by atoms with Crippen molar-refractivity contribution in [1.82, 2.24) is 20.4 Å². The number of hydrogen-bond donors (Lipinski definition) is 2. The van der Waals surface area contributed by atoms with Crippen molar-refractivity contribution in [3.8, 4) is 0 Å². The van der Waals surface area contributed by atoms with Crippen LogP contribution in [0.2, 0.25) is 0 Å². The minimum atomic E-state index is -0.142. The zero-order valence-electron chi connectivity index (χ0n) is 28.7. The molecule has 6 rings (SSSR count). The molecule has 0 bridgehead atoms. The number of nitrogens with zero attached hydrogens (tertiary/aromatic N) is 4. The molecule has 8 nitrogen and oxygen atoms in total. The van der Waals surface area contributed by atoms with Gasteiger partial charge in [0.05, 0.1) is 24.3 Å². The van der Waals surface area contributed by atoms with E-state index in [0.29, 0.717) is 36.8 Å². The topological polar surface area (TPSA) is 81.6 Å². The Kier molecular flexibility index (Phi) is 11.3. The van der Waals surface area contributed by atoms with E-state index in [-0.39, 0.29) is 12.0 Å². The van der Waals surface area contributed by atoms with Crippen LogP contribution < -0.4 is 10.6 Å². The molecule has 0 spiro atoms. The number of unbranched alkanes of at least 4 members (excludes halogenated alkanes) is 10. The lowest BCUT2D eigenvalue weighted by atomic mass is 9.97. The number of nitrogens with one attached hydrogen (secondary N) is 2. The summed E-state index contributed by atoms with van der Waals surface area (Å²) in [7, 11) is 0. The molecule has 0 radical (unpaired) electrons. The van der Waals surface area contributed by atoms with Crippen molar-refractivity contribution in [3.05, 3.63) is 11.3 Å². The van der Waals surface area contributed by atoms with Crippen LogP contribution in [0, 0.1) is 0 Å². The molecular formula is C37H62N6O2. The average molecular weight is 623 g/mol. The van der Waals surface area contributed by atoms with Gasteiger partial charge in [-0.1, -0.05) is 77.6 Å². The van der Waals surface area contributed by atoms with Gasteiger partial charge in [-0.3, -0.25) is 0 Å². The van der Waals surface area contributed by atoms with Crippen LogP contribution in [0.4, 0.5) is 0 Å². The molecule has 0 aliphatic carbocycles. The Hall–Kier alpha value is -2.25. The molecule has 45 heavy (non-hydrogen) atoms. The molecule has 2 N–H and O–H groups in total. The highest BCUT2D eigenvalue weighted by Gasteiger charge is 2.45. The Bertz CT molecular complexity index is 1100. The lowest BCUT2D eigenvalue weighted by Crippen LogP contribution is -2.59. The van der Waals surface area contributed by atoms with Crippen LogP contribution in [-0.4, -0.2) is 76.6 Å². The number of aliphatic imine (C=N–C) groups is 2. The highest BCUT2D eigenvalue weighted by Crippen LogP contribution is 2.40. The van der Waals surface area contributed by atoms with Crippen LogP contribution >= 0.6 is 0 Å². The van der Waals surface area contributed by atoms with Gasteiger partial charge < -0.3 is 25.2 Å². The third-order valence-electron chi connectivity index (χ3n) is 11.5. The zero-order valence-corrected chi connectivity index (χ0v) is 28.7. The van der Waals surface area contributed by atoms with Crippen LogP contribution in [0.15, 0.2) is 21.3 Å². The van der Waals surface area contributed by atoms with Crippen LogP contribution in [-0.2, 0) is 9.53 Å². The van der Waals surface area contributed by atoms with Gasteiger partial charge in [0.25, 0.3) is 0 Å². The molecule has 4 fully saturated rings. The number of allylic oxidation sites excluding steroid dienone is 1. The molecular weight excluding hydrogens is 560 g/mol. The van der Waals surface area contributed by atoms with Crippen molar-refractivity contribution in [3.63, 3.8) is 0 Å². The smallest absolute Gasteiger partial charge is 0.337 e. The lowest BCUT2D eigenvalue weighted by Gasteiger charge is -2.44. The minimum absolute atomic E-state index is 0.139. The number of ether oxygens (including phenoxy) is 1. The summed E-state index contributed by atoms with van der Waals surface area (Å²) in [6.07, 6.45) is 26.1. The molecule has 8 heteroatoms. The van der Waals surface area contributed by atoms with Gasteiger partial charge in [0, 0.05) is 35.9 Å². The molecule has 7 atom stereocenters. The van der Waals surface area contributed by atoms with Crippen LogP contribution in [0.1, 0.15) is 156 Å². The summed E-state index contributed by atoms with van der Waals surface area (Å²) < 4.78 is 5.85. The minimum Gasteiger partial charge on any atom is -0.462 e. The Morgan fingerprint density at radius 1 is 0.778 bits per heavy atom. The maximum absolute atomic E-state index is 13.3. The highest BCUT2D eigenvalue weighted by atomic mass is 16.5. The second kappa shape index (κ2) is 15.6. The van der Waals surface area contributed by atoms with Crippen LogP contribution in [0.25, 0.3) is 0 Å². The average Bonchev–Trinajstić information content (AvgIpc) is 3.63. The number of rotatable bonds is 17. The highest BCUT2D eigenvalue weighted by molar-refractivity contribution is 5.95. The molecule has 0 aromatic carbocycles. The predicted octanol–water partition coefficient (Wildman–Crippen LogP) is 7.19. The van der Waals surface area contributed by atoms with Crippen molar-refractivity contribution in [1.29, 1.82) is 0 Å². The van der Waals surface area contributed by atoms with Gasteiger partial charge in [-0.05, 0) is 78.1 Å². The number of carbonyl (C=O) groups excluding carboxylic acids is 1. The second-order valence-corrected chi connectivity index (χ2v) is 15.1. The Labute approximate surface area is 273 Å². The summed E-state index contributed by atoms with van der Waals surface area (Å²) >= 11 is 0. The quantitative estimate of drug-likeness (QED) is 0.132. The molecule has 6 aliphatic heterocycles. The van der Waals surface area contributed by atoms with Gasteiger partial charge in [0.2, 0.25) is 0 Å². The second-order valence-electron chi connectivity index (χ2n) is 15.1. The zero-order chi connectivity index (χ0) is 31.2. The first-order valence-electron chi connectivity index (χ1n) is 19.2. The predicted molar refractivity (Wildman–Crippen MR) is 183 cm³/mol. The SMILES string of the molecule is CCCCCCCCC[C@@H]1C[C@@H]2CCC3=C(C(=O)OCCCCCCC[C@@H]4C[C@@H]5CC[C@@H]6C[C@H](C)NC(=N4)N65)C(C)N=C(N1)N32. The Morgan fingerprint density at radius 3 is 2.29 bits per heavy atom. The fourth-order valence-electron chi connectivity index (χ4n) is 9.23. The molecule has 6 heterocycles.